The minimum Gasteiger partial charge on any atom is -0.339 e. The monoisotopic (exact) mass is 466 g/mol. The van der Waals surface area contributed by atoms with Crippen LogP contribution in [0, 0.1) is 5.82 Å². The molecule has 0 bridgehead atoms. The van der Waals surface area contributed by atoms with Gasteiger partial charge in [-0.1, -0.05) is 42.5 Å². The van der Waals surface area contributed by atoms with E-state index in [4.69, 9.17) is 5.73 Å². The largest absolute Gasteiger partial charge is 0.339 e. The van der Waals surface area contributed by atoms with Crippen LogP contribution < -0.4 is 5.73 Å². The van der Waals surface area contributed by atoms with E-state index in [0.717, 1.165) is 11.1 Å². The Hall–Kier alpha value is -3.26. The second-order valence-electron chi connectivity index (χ2n) is 9.10. The van der Waals surface area contributed by atoms with E-state index in [9.17, 15) is 18.8 Å². The molecule has 2 heterocycles. The van der Waals surface area contributed by atoms with Crippen molar-refractivity contribution >= 4 is 17.7 Å². The molecular formula is C26H31FN4O3. The molecule has 7 nitrogen and oxygen atoms in total. The first-order valence-electron chi connectivity index (χ1n) is 11.7. The predicted octanol–water partition coefficient (Wildman–Crippen LogP) is 1.73. The van der Waals surface area contributed by atoms with Crippen LogP contribution in [-0.4, -0.2) is 70.7 Å². The van der Waals surface area contributed by atoms with Crippen LogP contribution in [0.4, 0.5) is 4.39 Å². The number of rotatable bonds is 5. The smallest absolute Gasteiger partial charge is 0.245 e. The minimum absolute atomic E-state index is 0.000613. The molecule has 1 saturated heterocycles. The van der Waals surface area contributed by atoms with Gasteiger partial charge in [-0.2, -0.15) is 0 Å². The van der Waals surface area contributed by atoms with Gasteiger partial charge in [0.15, 0.2) is 0 Å². The summed E-state index contributed by atoms with van der Waals surface area (Å²) in [5, 5.41) is 0. The maximum atomic E-state index is 14.0. The molecule has 2 atom stereocenters. The lowest BCUT2D eigenvalue weighted by Crippen LogP contribution is -2.58. The Morgan fingerprint density at radius 2 is 1.59 bits per heavy atom. The molecule has 0 radical (unpaired) electrons. The Morgan fingerprint density at radius 1 is 0.971 bits per heavy atom. The summed E-state index contributed by atoms with van der Waals surface area (Å²) in [5.41, 5.74) is 8.79. The summed E-state index contributed by atoms with van der Waals surface area (Å²) in [7, 11) is 0. The van der Waals surface area contributed by atoms with Crippen LogP contribution in [-0.2, 0) is 33.8 Å². The van der Waals surface area contributed by atoms with Crippen LogP contribution in [0.3, 0.4) is 0 Å². The van der Waals surface area contributed by atoms with E-state index in [1.165, 1.54) is 13.0 Å². The highest BCUT2D eigenvalue weighted by Crippen LogP contribution is 2.26. The lowest BCUT2D eigenvalue weighted by Gasteiger charge is -2.41. The summed E-state index contributed by atoms with van der Waals surface area (Å²) in [6.45, 7) is 3.75. The van der Waals surface area contributed by atoms with E-state index in [0.29, 0.717) is 44.7 Å². The molecule has 2 aliphatic rings. The summed E-state index contributed by atoms with van der Waals surface area (Å²) in [6, 6.07) is 13.1. The van der Waals surface area contributed by atoms with Gasteiger partial charge in [-0.25, -0.2) is 4.39 Å². The van der Waals surface area contributed by atoms with Crippen molar-refractivity contribution < 1.29 is 18.8 Å². The first kappa shape index (κ1) is 23.9. The number of benzene rings is 2. The quantitative estimate of drug-likeness (QED) is 0.727. The van der Waals surface area contributed by atoms with Gasteiger partial charge in [0.25, 0.3) is 0 Å². The Labute approximate surface area is 199 Å². The molecule has 1 fully saturated rings. The number of hydrogen-bond acceptors (Lipinski definition) is 4. The molecule has 0 aromatic heterocycles. The Kier molecular flexibility index (Phi) is 7.26. The average molecular weight is 467 g/mol. The zero-order chi connectivity index (χ0) is 24.2. The van der Waals surface area contributed by atoms with Crippen LogP contribution >= 0.6 is 0 Å². The van der Waals surface area contributed by atoms with Crippen molar-refractivity contribution in [1.29, 1.82) is 0 Å². The van der Waals surface area contributed by atoms with Crippen molar-refractivity contribution in [3.8, 4) is 0 Å². The third-order valence-electron chi connectivity index (χ3n) is 6.77. The van der Waals surface area contributed by atoms with E-state index >= 15 is 0 Å². The van der Waals surface area contributed by atoms with Crippen LogP contribution in [0.15, 0.2) is 48.5 Å². The number of carbonyl (C=O) groups is 3. The second-order valence-corrected chi connectivity index (χ2v) is 9.10. The lowest BCUT2D eigenvalue weighted by molar-refractivity contribution is -0.149. The van der Waals surface area contributed by atoms with E-state index in [1.807, 2.05) is 24.3 Å². The number of hydrogen-bond donors (Lipinski definition) is 1. The van der Waals surface area contributed by atoms with Crippen molar-refractivity contribution in [2.45, 2.75) is 44.8 Å². The van der Waals surface area contributed by atoms with Crippen LogP contribution in [0.2, 0.25) is 0 Å². The third kappa shape index (κ3) is 5.28. The Morgan fingerprint density at radius 3 is 2.26 bits per heavy atom. The minimum atomic E-state index is -0.619. The highest BCUT2D eigenvalue weighted by atomic mass is 19.1. The SMILES string of the molecule is CC(=O)N1CCN(C(=O)[C@@H]2Cc3ccccc3CN2C(=O)C[C@H](N)Cc2ccccc2F)CC1. The molecule has 0 aliphatic carbocycles. The molecule has 2 aromatic carbocycles. The molecule has 4 rings (SSSR count). The van der Waals surface area contributed by atoms with Crippen molar-refractivity contribution in [1.82, 2.24) is 14.7 Å². The molecule has 180 valence electrons. The van der Waals surface area contributed by atoms with Gasteiger partial charge in [0.05, 0.1) is 0 Å². The predicted molar refractivity (Wildman–Crippen MR) is 126 cm³/mol. The number of nitrogens with zero attached hydrogens (tertiary/aromatic N) is 3. The number of carbonyl (C=O) groups excluding carboxylic acids is 3. The molecule has 3 amide bonds. The van der Waals surface area contributed by atoms with Crippen LogP contribution in [0.25, 0.3) is 0 Å². The molecule has 8 heteroatoms. The normalized spacial score (nSPS) is 18.9. The van der Waals surface area contributed by atoms with Gasteiger partial charge < -0.3 is 20.4 Å². The highest BCUT2D eigenvalue weighted by molar-refractivity contribution is 5.89. The number of piperazine rings is 1. The van der Waals surface area contributed by atoms with E-state index in [-0.39, 0.29) is 36.4 Å². The standard InChI is InChI=1S/C26H31FN4O3/c1-18(32)29-10-12-30(13-11-29)26(34)24-15-19-6-2-3-8-21(19)17-31(24)25(33)16-22(28)14-20-7-4-5-9-23(20)27/h2-9,22,24H,10-17,28H2,1H3/t22-,24+/m1/s1. The number of halogens is 1. The first-order valence-corrected chi connectivity index (χ1v) is 11.7. The van der Waals surface area contributed by atoms with E-state index in [1.54, 1.807) is 32.9 Å². The summed E-state index contributed by atoms with van der Waals surface area (Å²) >= 11 is 0. The van der Waals surface area contributed by atoms with Crippen molar-refractivity contribution in [3.63, 3.8) is 0 Å². The van der Waals surface area contributed by atoms with Gasteiger partial charge in [0, 0.05) is 58.5 Å². The summed E-state index contributed by atoms with van der Waals surface area (Å²) < 4.78 is 14.0. The summed E-state index contributed by atoms with van der Waals surface area (Å²) in [6.07, 6.45) is 0.711. The van der Waals surface area contributed by atoms with Gasteiger partial charge in [-0.05, 0) is 29.2 Å². The fourth-order valence-electron chi connectivity index (χ4n) is 4.82. The molecule has 2 aliphatic heterocycles. The molecule has 2 N–H and O–H groups in total. The van der Waals surface area contributed by atoms with Crippen molar-refractivity contribution in [2.75, 3.05) is 26.2 Å². The number of nitrogens with two attached hydrogens (primary N) is 1. The molecule has 34 heavy (non-hydrogen) atoms. The van der Waals surface area contributed by atoms with Crippen LogP contribution in [0.1, 0.15) is 30.0 Å². The van der Waals surface area contributed by atoms with Gasteiger partial charge in [-0.15, -0.1) is 0 Å². The lowest BCUT2D eigenvalue weighted by atomic mass is 9.92. The highest BCUT2D eigenvalue weighted by Gasteiger charge is 2.38. The molecule has 0 spiro atoms. The zero-order valence-electron chi connectivity index (χ0n) is 19.5. The van der Waals surface area contributed by atoms with Gasteiger partial charge in [-0.3, -0.25) is 14.4 Å². The van der Waals surface area contributed by atoms with Gasteiger partial charge >= 0.3 is 0 Å². The van der Waals surface area contributed by atoms with Gasteiger partial charge in [0.1, 0.15) is 11.9 Å². The molecule has 0 unspecified atom stereocenters. The first-order chi connectivity index (χ1) is 16.3. The Bertz CT molecular complexity index is 1070. The third-order valence-corrected chi connectivity index (χ3v) is 6.77. The molecule has 0 saturated carbocycles. The van der Waals surface area contributed by atoms with E-state index in [2.05, 4.69) is 0 Å². The van der Waals surface area contributed by atoms with E-state index < -0.39 is 12.1 Å². The van der Waals surface area contributed by atoms with Gasteiger partial charge in [0.2, 0.25) is 17.7 Å². The maximum Gasteiger partial charge on any atom is 0.245 e. The maximum absolute atomic E-state index is 14.0. The molecular weight excluding hydrogens is 435 g/mol. The second kappa shape index (κ2) is 10.3. The summed E-state index contributed by atoms with van der Waals surface area (Å²) in [4.78, 5) is 43.6. The van der Waals surface area contributed by atoms with Crippen molar-refractivity contribution in [2.24, 2.45) is 5.73 Å². The average Bonchev–Trinajstić information content (AvgIpc) is 2.84. The van der Waals surface area contributed by atoms with Crippen molar-refractivity contribution in [3.05, 3.63) is 71.0 Å². The fraction of sp³-hybridized carbons (Fsp3) is 0.423. The number of fused-ring (bicyclic) bond motifs is 1. The van der Waals surface area contributed by atoms with Crippen LogP contribution in [0.5, 0.6) is 0 Å². The Balaban J connectivity index is 1.48. The number of amides is 3. The summed E-state index contributed by atoms with van der Waals surface area (Å²) in [5.74, 6) is -0.651. The zero-order valence-corrected chi connectivity index (χ0v) is 19.5. The fourth-order valence-corrected chi connectivity index (χ4v) is 4.82. The topological polar surface area (TPSA) is 87.0 Å². The molecule has 2 aromatic rings.